The zero-order chi connectivity index (χ0) is 10.7. The van der Waals surface area contributed by atoms with Crippen molar-refractivity contribution in [3.8, 4) is 0 Å². The van der Waals surface area contributed by atoms with Crippen LogP contribution in [0.15, 0.2) is 18.2 Å². The molecule has 1 aliphatic heterocycles. The molecule has 0 unspecified atom stereocenters. The molecule has 5 heteroatoms. The molecule has 1 aliphatic rings. The van der Waals surface area contributed by atoms with E-state index in [0.29, 0.717) is 5.82 Å². The highest BCUT2D eigenvalue weighted by Crippen LogP contribution is 2.07. The highest BCUT2D eigenvalue weighted by molar-refractivity contribution is 7.85. The highest BCUT2D eigenvalue weighted by atomic mass is 32.2. The lowest BCUT2D eigenvalue weighted by molar-refractivity contribution is 0.288. The molecule has 0 aliphatic carbocycles. The van der Waals surface area contributed by atoms with E-state index in [-0.39, 0.29) is 0 Å². The van der Waals surface area contributed by atoms with E-state index >= 15 is 0 Å². The van der Waals surface area contributed by atoms with Crippen molar-refractivity contribution in [2.75, 3.05) is 30.3 Å². The number of anilines is 1. The number of aromatic nitrogens is 1. The molecule has 2 heterocycles. The molecular formula is C10H15N3OS. The third kappa shape index (κ3) is 3.00. The molecule has 1 saturated heterocycles. The van der Waals surface area contributed by atoms with Crippen molar-refractivity contribution < 1.29 is 4.21 Å². The molecule has 0 aromatic carbocycles. The van der Waals surface area contributed by atoms with Gasteiger partial charge in [-0.1, -0.05) is 6.07 Å². The van der Waals surface area contributed by atoms with Crippen molar-refractivity contribution in [3.63, 3.8) is 0 Å². The number of pyridine rings is 1. The topological polar surface area (TPSA) is 59.2 Å². The maximum absolute atomic E-state index is 11.2. The number of hydrogen-bond acceptors (Lipinski definition) is 4. The molecule has 2 N–H and O–H groups in total. The van der Waals surface area contributed by atoms with Crippen LogP contribution in [-0.4, -0.2) is 38.7 Å². The Labute approximate surface area is 91.9 Å². The van der Waals surface area contributed by atoms with Crippen LogP contribution in [0.4, 0.5) is 5.82 Å². The third-order valence-corrected chi connectivity index (χ3v) is 3.76. The lowest BCUT2D eigenvalue weighted by Crippen LogP contribution is -2.37. The molecule has 0 atom stereocenters. The summed E-state index contributed by atoms with van der Waals surface area (Å²) in [5, 5.41) is 0. The zero-order valence-electron chi connectivity index (χ0n) is 8.56. The molecule has 82 valence electrons. The smallest absolute Gasteiger partial charge is 0.123 e. The van der Waals surface area contributed by atoms with Crippen molar-refractivity contribution in [2.24, 2.45) is 0 Å². The number of nitrogen functional groups attached to an aromatic ring is 1. The predicted molar refractivity (Wildman–Crippen MR) is 61.8 cm³/mol. The fourth-order valence-corrected chi connectivity index (χ4v) is 2.78. The van der Waals surface area contributed by atoms with E-state index in [9.17, 15) is 4.21 Å². The van der Waals surface area contributed by atoms with Crippen molar-refractivity contribution in [2.45, 2.75) is 6.54 Å². The van der Waals surface area contributed by atoms with Crippen LogP contribution >= 0.6 is 0 Å². The second kappa shape index (κ2) is 4.72. The van der Waals surface area contributed by atoms with E-state index in [2.05, 4.69) is 9.88 Å². The zero-order valence-corrected chi connectivity index (χ0v) is 9.37. The second-order valence-corrected chi connectivity index (χ2v) is 5.37. The van der Waals surface area contributed by atoms with E-state index in [0.717, 1.165) is 36.8 Å². The minimum absolute atomic E-state index is 0.563. The quantitative estimate of drug-likeness (QED) is 0.782. The van der Waals surface area contributed by atoms with Gasteiger partial charge in [0.15, 0.2) is 0 Å². The minimum atomic E-state index is -0.610. The average Bonchev–Trinajstić information content (AvgIpc) is 2.22. The van der Waals surface area contributed by atoms with Crippen LogP contribution in [0.2, 0.25) is 0 Å². The standard InChI is InChI=1S/C10H15N3OS/c11-10-3-1-2-9(12-10)8-13-4-6-15(14)7-5-13/h1-3H,4-8H2,(H2,11,12). The van der Waals surface area contributed by atoms with Crippen LogP contribution < -0.4 is 5.73 Å². The van der Waals surface area contributed by atoms with E-state index < -0.39 is 10.8 Å². The summed E-state index contributed by atoms with van der Waals surface area (Å²) >= 11 is 0. The fourth-order valence-electron chi connectivity index (χ4n) is 1.65. The van der Waals surface area contributed by atoms with Gasteiger partial charge < -0.3 is 5.73 Å². The van der Waals surface area contributed by atoms with Crippen LogP contribution in [0.3, 0.4) is 0 Å². The van der Waals surface area contributed by atoms with Gasteiger partial charge >= 0.3 is 0 Å². The van der Waals surface area contributed by atoms with Crippen molar-refractivity contribution >= 4 is 16.6 Å². The van der Waals surface area contributed by atoms with E-state index in [4.69, 9.17) is 5.73 Å². The van der Waals surface area contributed by atoms with Gasteiger partial charge in [0.1, 0.15) is 5.82 Å². The largest absolute Gasteiger partial charge is 0.384 e. The summed E-state index contributed by atoms with van der Waals surface area (Å²) in [6, 6.07) is 5.68. The first-order valence-corrected chi connectivity index (χ1v) is 6.51. The van der Waals surface area contributed by atoms with E-state index in [1.54, 1.807) is 6.07 Å². The Balaban J connectivity index is 1.94. The van der Waals surface area contributed by atoms with Crippen LogP contribution in [0.25, 0.3) is 0 Å². The Hall–Kier alpha value is -0.940. The molecule has 1 aromatic rings. The monoisotopic (exact) mass is 225 g/mol. The van der Waals surface area contributed by atoms with Crippen molar-refractivity contribution in [3.05, 3.63) is 23.9 Å². The Morgan fingerprint density at radius 3 is 2.80 bits per heavy atom. The summed E-state index contributed by atoms with van der Waals surface area (Å²) < 4.78 is 11.2. The van der Waals surface area contributed by atoms with Crippen molar-refractivity contribution in [1.29, 1.82) is 0 Å². The normalized spacial score (nSPS) is 19.2. The van der Waals surface area contributed by atoms with Gasteiger partial charge in [-0.05, 0) is 12.1 Å². The molecule has 0 saturated carbocycles. The molecule has 0 spiro atoms. The molecular weight excluding hydrogens is 210 g/mol. The average molecular weight is 225 g/mol. The molecule has 2 rings (SSSR count). The van der Waals surface area contributed by atoms with Crippen LogP contribution in [0.1, 0.15) is 5.69 Å². The molecule has 4 nitrogen and oxygen atoms in total. The van der Waals surface area contributed by atoms with E-state index in [1.165, 1.54) is 0 Å². The summed E-state index contributed by atoms with van der Waals surface area (Å²) in [5.74, 6) is 2.12. The lowest BCUT2D eigenvalue weighted by Gasteiger charge is -2.25. The fraction of sp³-hybridized carbons (Fsp3) is 0.500. The highest BCUT2D eigenvalue weighted by Gasteiger charge is 2.15. The van der Waals surface area contributed by atoms with Gasteiger partial charge in [0, 0.05) is 41.9 Å². The van der Waals surface area contributed by atoms with Gasteiger partial charge in [-0.15, -0.1) is 0 Å². The van der Waals surface area contributed by atoms with Gasteiger partial charge in [-0.25, -0.2) is 4.98 Å². The molecule has 15 heavy (non-hydrogen) atoms. The number of nitrogens with two attached hydrogens (primary N) is 1. The molecule has 0 bridgehead atoms. The van der Waals surface area contributed by atoms with Gasteiger partial charge in [0.05, 0.1) is 5.69 Å². The van der Waals surface area contributed by atoms with Crippen molar-refractivity contribution in [1.82, 2.24) is 9.88 Å². The number of hydrogen-bond donors (Lipinski definition) is 1. The first kappa shape index (κ1) is 10.6. The van der Waals surface area contributed by atoms with E-state index in [1.807, 2.05) is 12.1 Å². The second-order valence-electron chi connectivity index (χ2n) is 3.68. The Morgan fingerprint density at radius 2 is 2.13 bits per heavy atom. The Kier molecular flexibility index (Phi) is 3.33. The maximum Gasteiger partial charge on any atom is 0.123 e. The van der Waals surface area contributed by atoms with Gasteiger partial charge in [0.2, 0.25) is 0 Å². The maximum atomic E-state index is 11.2. The van der Waals surface area contributed by atoms with Crippen LogP contribution in [0, 0.1) is 0 Å². The first-order valence-electron chi connectivity index (χ1n) is 5.03. The SMILES string of the molecule is Nc1cccc(CN2CCS(=O)CC2)n1. The third-order valence-electron chi connectivity index (χ3n) is 2.48. The summed E-state index contributed by atoms with van der Waals surface area (Å²) in [5.41, 5.74) is 6.60. The molecule has 0 amide bonds. The number of rotatable bonds is 2. The summed E-state index contributed by atoms with van der Waals surface area (Å²) in [7, 11) is -0.610. The first-order chi connectivity index (χ1) is 7.24. The Morgan fingerprint density at radius 1 is 1.40 bits per heavy atom. The van der Waals surface area contributed by atoms with Gasteiger partial charge in [0.25, 0.3) is 0 Å². The molecule has 1 aromatic heterocycles. The Bertz CT molecular complexity index is 359. The molecule has 0 radical (unpaired) electrons. The summed E-state index contributed by atoms with van der Waals surface area (Å²) in [6.07, 6.45) is 0. The summed E-state index contributed by atoms with van der Waals surface area (Å²) in [4.78, 5) is 6.51. The predicted octanol–water partition coefficient (Wildman–Crippen LogP) is 0.228. The van der Waals surface area contributed by atoms with Crippen LogP contribution in [0.5, 0.6) is 0 Å². The molecule has 1 fully saturated rings. The lowest BCUT2D eigenvalue weighted by atomic mass is 10.3. The summed E-state index contributed by atoms with van der Waals surface area (Å²) in [6.45, 7) is 2.59. The van der Waals surface area contributed by atoms with Gasteiger partial charge in [-0.2, -0.15) is 0 Å². The number of nitrogens with zero attached hydrogens (tertiary/aromatic N) is 2. The minimum Gasteiger partial charge on any atom is -0.384 e. The van der Waals surface area contributed by atoms with Gasteiger partial charge in [-0.3, -0.25) is 9.11 Å². The van der Waals surface area contributed by atoms with Crippen LogP contribution in [-0.2, 0) is 17.3 Å².